The van der Waals surface area contributed by atoms with Gasteiger partial charge in [0.05, 0.1) is 25.4 Å². The highest BCUT2D eigenvalue weighted by atomic mass is 31.2. The summed E-state index contributed by atoms with van der Waals surface area (Å²) in [6, 6.07) is -0.928. The molecule has 0 aliphatic carbocycles. The van der Waals surface area contributed by atoms with E-state index in [4.69, 9.17) is 14.8 Å². The number of aliphatic hydroxyl groups excluding tert-OH is 1. The summed E-state index contributed by atoms with van der Waals surface area (Å²) in [5.41, 5.74) is 5.32. The predicted octanol–water partition coefficient (Wildman–Crippen LogP) is 8.65. The Kier molecular flexibility index (Phi) is 31.1. The summed E-state index contributed by atoms with van der Waals surface area (Å²) < 4.78 is 21.9. The van der Waals surface area contributed by atoms with Gasteiger partial charge in [-0.15, -0.1) is 0 Å². The number of phosphoric acid groups is 1. The number of nitrogens with two attached hydrogens (primary N) is 1. The first kappa shape index (κ1) is 44.2. The van der Waals surface area contributed by atoms with E-state index < -0.39 is 26.6 Å². The molecular weight excluding hydrogens is 611 g/mol. The zero-order valence-electron chi connectivity index (χ0n) is 28.7. The summed E-state index contributed by atoms with van der Waals surface area (Å²) in [6.07, 6.45) is 46.0. The Labute approximate surface area is 284 Å². The Bertz CT molecular complexity index is 1090. The number of unbranched alkanes of at least 4 members (excludes halogenated alkanes) is 2. The van der Waals surface area contributed by atoms with E-state index in [0.29, 0.717) is 12.8 Å². The number of allylic oxidation sites excluding steroid dienone is 17. The maximum absolute atomic E-state index is 12.6. The highest BCUT2D eigenvalue weighted by Crippen LogP contribution is 2.43. The van der Waals surface area contributed by atoms with Gasteiger partial charge < -0.3 is 21.1 Å². The van der Waals surface area contributed by atoms with E-state index in [1.54, 1.807) is 6.08 Å². The summed E-state index contributed by atoms with van der Waals surface area (Å²) in [7, 11) is -4.37. The van der Waals surface area contributed by atoms with Crippen molar-refractivity contribution in [3.8, 4) is 0 Å². The molecule has 0 spiro atoms. The van der Waals surface area contributed by atoms with E-state index in [2.05, 4.69) is 91.2 Å². The number of phosphoric ester groups is 1. The smallest absolute Gasteiger partial charge is 0.387 e. The average Bonchev–Trinajstić information content (AvgIpc) is 3.05. The van der Waals surface area contributed by atoms with E-state index in [-0.39, 0.29) is 25.5 Å². The maximum Gasteiger partial charge on any atom is 0.472 e. The normalized spacial score (nSPS) is 15.8. The highest BCUT2D eigenvalue weighted by Gasteiger charge is 2.26. The molecule has 0 aliphatic heterocycles. The summed E-state index contributed by atoms with van der Waals surface area (Å²) >= 11 is 0. The molecule has 0 radical (unpaired) electrons. The van der Waals surface area contributed by atoms with E-state index in [0.717, 1.165) is 57.8 Å². The number of hydrogen-bond donors (Lipinski definition) is 4. The minimum Gasteiger partial charge on any atom is -0.387 e. The Balaban J connectivity index is 4.53. The van der Waals surface area contributed by atoms with Gasteiger partial charge in [-0.1, -0.05) is 116 Å². The van der Waals surface area contributed by atoms with Gasteiger partial charge in [-0.05, 0) is 77.6 Å². The van der Waals surface area contributed by atoms with Crippen LogP contribution in [0.4, 0.5) is 0 Å². The summed E-state index contributed by atoms with van der Waals surface area (Å²) in [5.74, 6) is -0.301. The van der Waals surface area contributed by atoms with Crippen LogP contribution in [0.25, 0.3) is 0 Å². The van der Waals surface area contributed by atoms with Crippen LogP contribution in [-0.4, -0.2) is 47.8 Å². The van der Waals surface area contributed by atoms with Gasteiger partial charge in [0.15, 0.2) is 0 Å². The molecule has 5 N–H and O–H groups in total. The van der Waals surface area contributed by atoms with Crippen molar-refractivity contribution in [3.63, 3.8) is 0 Å². The lowest BCUT2D eigenvalue weighted by Gasteiger charge is -2.23. The van der Waals surface area contributed by atoms with E-state index in [9.17, 15) is 19.4 Å². The molecule has 0 aromatic heterocycles. The van der Waals surface area contributed by atoms with E-state index in [1.165, 1.54) is 0 Å². The van der Waals surface area contributed by atoms with Gasteiger partial charge in [0, 0.05) is 13.0 Å². The molecule has 0 saturated heterocycles. The second-order valence-electron chi connectivity index (χ2n) is 10.6. The minimum absolute atomic E-state index is 0.0534. The molecule has 1 amide bonds. The third-order valence-corrected chi connectivity index (χ3v) is 7.40. The molecule has 3 atom stereocenters. The maximum atomic E-state index is 12.6. The summed E-state index contributed by atoms with van der Waals surface area (Å²) in [6.45, 7) is 3.64. The van der Waals surface area contributed by atoms with Gasteiger partial charge in [-0.2, -0.15) is 0 Å². The molecule has 47 heavy (non-hydrogen) atoms. The molecule has 9 heteroatoms. The molecule has 3 unspecified atom stereocenters. The van der Waals surface area contributed by atoms with Gasteiger partial charge >= 0.3 is 7.82 Å². The van der Waals surface area contributed by atoms with Crippen LogP contribution in [0.5, 0.6) is 0 Å². The molecule has 0 fully saturated rings. The first-order valence-electron chi connectivity index (χ1n) is 17.0. The number of nitrogens with one attached hydrogen (secondary N) is 1. The van der Waals surface area contributed by atoms with Crippen LogP contribution >= 0.6 is 7.82 Å². The van der Waals surface area contributed by atoms with Gasteiger partial charge in [-0.3, -0.25) is 13.8 Å². The molecule has 264 valence electrons. The molecular formula is C38H61N2O6P. The Morgan fingerprint density at radius 1 is 0.723 bits per heavy atom. The fourth-order valence-corrected chi connectivity index (χ4v) is 4.66. The van der Waals surface area contributed by atoms with Crippen molar-refractivity contribution in [1.29, 1.82) is 0 Å². The van der Waals surface area contributed by atoms with Crippen LogP contribution in [0.3, 0.4) is 0 Å². The topological polar surface area (TPSA) is 131 Å². The molecule has 0 aliphatic rings. The average molecular weight is 673 g/mol. The van der Waals surface area contributed by atoms with Gasteiger partial charge in [0.2, 0.25) is 5.91 Å². The fraction of sp³-hybridized carbons (Fsp3) is 0.500. The lowest BCUT2D eigenvalue weighted by Crippen LogP contribution is -2.45. The monoisotopic (exact) mass is 672 g/mol. The number of carbonyl (C=O) groups is 1. The highest BCUT2D eigenvalue weighted by molar-refractivity contribution is 7.47. The number of hydrogen-bond acceptors (Lipinski definition) is 6. The zero-order valence-corrected chi connectivity index (χ0v) is 29.6. The predicted molar refractivity (Wildman–Crippen MR) is 198 cm³/mol. The van der Waals surface area contributed by atoms with Gasteiger partial charge in [0.1, 0.15) is 0 Å². The molecule has 0 aromatic carbocycles. The molecule has 0 saturated carbocycles. The molecule has 8 nitrogen and oxygen atoms in total. The number of rotatable bonds is 29. The van der Waals surface area contributed by atoms with Crippen molar-refractivity contribution in [3.05, 3.63) is 109 Å². The fourth-order valence-electron chi connectivity index (χ4n) is 3.90. The zero-order chi connectivity index (χ0) is 34.7. The van der Waals surface area contributed by atoms with Crippen LogP contribution in [0, 0.1) is 0 Å². The lowest BCUT2D eigenvalue weighted by molar-refractivity contribution is -0.122. The molecule has 0 heterocycles. The third kappa shape index (κ3) is 31.5. The number of carbonyl (C=O) groups excluding carboxylic acids is 1. The molecule has 0 aromatic rings. The van der Waals surface area contributed by atoms with Crippen molar-refractivity contribution < 1.29 is 28.4 Å². The Morgan fingerprint density at radius 3 is 1.70 bits per heavy atom. The van der Waals surface area contributed by atoms with Crippen molar-refractivity contribution in [2.24, 2.45) is 5.73 Å². The largest absolute Gasteiger partial charge is 0.472 e. The number of aliphatic hydroxyl groups is 1. The third-order valence-electron chi connectivity index (χ3n) is 6.42. The van der Waals surface area contributed by atoms with Crippen LogP contribution in [0.1, 0.15) is 90.9 Å². The summed E-state index contributed by atoms with van der Waals surface area (Å²) in [4.78, 5) is 22.4. The van der Waals surface area contributed by atoms with Crippen LogP contribution in [0.15, 0.2) is 109 Å². The SMILES string of the molecule is C/C=C/CC/C=C/CC/C=C/C(O)C(COP(=O)(O)OCCN)NC(=O)CC/C=C\C/C=C\C/C=C\C/C=C\C/C=C\C/C=C\CC. The van der Waals surface area contributed by atoms with Crippen LogP contribution in [-0.2, 0) is 18.4 Å². The second kappa shape index (κ2) is 33.1. The van der Waals surface area contributed by atoms with Crippen molar-refractivity contribution in [1.82, 2.24) is 5.32 Å². The van der Waals surface area contributed by atoms with Crippen LogP contribution < -0.4 is 11.1 Å². The van der Waals surface area contributed by atoms with Crippen LogP contribution in [0.2, 0.25) is 0 Å². The summed E-state index contributed by atoms with van der Waals surface area (Å²) in [5, 5.41) is 13.4. The van der Waals surface area contributed by atoms with Gasteiger partial charge in [0.25, 0.3) is 0 Å². The first-order chi connectivity index (χ1) is 22.9. The number of amides is 1. The molecule has 0 rings (SSSR count). The Hall–Kier alpha value is -2.84. The van der Waals surface area contributed by atoms with E-state index in [1.807, 2.05) is 31.2 Å². The van der Waals surface area contributed by atoms with Crippen molar-refractivity contribution >= 4 is 13.7 Å². The first-order valence-corrected chi connectivity index (χ1v) is 18.5. The Morgan fingerprint density at radius 2 is 1.19 bits per heavy atom. The van der Waals surface area contributed by atoms with Gasteiger partial charge in [-0.25, -0.2) is 4.57 Å². The minimum atomic E-state index is -4.37. The second-order valence-corrected chi connectivity index (χ2v) is 12.1. The lowest BCUT2D eigenvalue weighted by atomic mass is 10.1. The van der Waals surface area contributed by atoms with Crippen molar-refractivity contribution in [2.45, 2.75) is 103 Å². The van der Waals surface area contributed by atoms with Crippen molar-refractivity contribution in [2.75, 3.05) is 19.8 Å². The van der Waals surface area contributed by atoms with E-state index >= 15 is 0 Å². The molecule has 0 bridgehead atoms. The quantitative estimate of drug-likeness (QED) is 0.0355. The standard InChI is InChI=1S/C38H61N2O6P/c1-3-5-7-9-11-13-14-15-16-17-18-19-20-21-22-24-26-28-30-32-38(42)40-36(35-46-47(43,44)45-34-33-39)37(41)31-29-27-25-23-12-10-8-6-4-2/h4-7,11-13,15-16,18-19,21-23,26,28-29,31,36-37,41H,3,8-10,14,17,20,24-25,27,30,32-35,39H2,1-2H3,(H,40,42)(H,43,44)/b6-4+,7-5-,13-11-,16-15-,19-18-,22-21-,23-12+,28-26-,31-29+.